The largest absolute Gasteiger partial charge is 0.508 e. The highest BCUT2D eigenvalue weighted by Crippen LogP contribution is 2.51. The Kier molecular flexibility index (Phi) is 2.95. The van der Waals surface area contributed by atoms with E-state index in [-0.39, 0.29) is 17.5 Å². The highest BCUT2D eigenvalue weighted by Gasteiger charge is 2.50. The Balaban J connectivity index is 1.73. The molecule has 0 aliphatic carbocycles. The van der Waals surface area contributed by atoms with Gasteiger partial charge in [-0.25, -0.2) is 0 Å². The van der Waals surface area contributed by atoms with Crippen LogP contribution in [-0.4, -0.2) is 29.4 Å². The molecule has 4 atom stereocenters. The van der Waals surface area contributed by atoms with Crippen LogP contribution in [0.2, 0.25) is 0 Å². The lowest BCUT2D eigenvalue weighted by molar-refractivity contribution is -0.168. The summed E-state index contributed by atoms with van der Waals surface area (Å²) in [6, 6.07) is 5.84. The second-order valence-corrected chi connectivity index (χ2v) is 7.07. The number of rotatable bonds is 0. The van der Waals surface area contributed by atoms with E-state index in [9.17, 15) is 5.11 Å². The number of hydrogen-bond acceptors (Lipinski definition) is 4. The second-order valence-electron chi connectivity index (χ2n) is 7.07. The lowest BCUT2D eigenvalue weighted by Gasteiger charge is -2.52. The van der Waals surface area contributed by atoms with E-state index in [1.54, 1.807) is 12.1 Å². The fourth-order valence-electron chi connectivity index (χ4n) is 4.15. The van der Waals surface area contributed by atoms with Crippen molar-refractivity contribution in [1.29, 1.82) is 0 Å². The van der Waals surface area contributed by atoms with Crippen LogP contribution in [0.15, 0.2) is 18.2 Å². The molecule has 2 N–H and O–H groups in total. The summed E-state index contributed by atoms with van der Waals surface area (Å²) >= 11 is 0. The van der Waals surface area contributed by atoms with Gasteiger partial charge in [0.25, 0.3) is 0 Å². The average Bonchev–Trinajstić information content (AvgIpc) is 2.45. The number of ether oxygens (including phenoxy) is 2. The van der Waals surface area contributed by atoms with Crippen LogP contribution in [0, 0.1) is 5.92 Å². The van der Waals surface area contributed by atoms with E-state index in [0.29, 0.717) is 18.1 Å². The van der Waals surface area contributed by atoms with Crippen LogP contribution >= 0.6 is 0 Å². The Morgan fingerprint density at radius 3 is 3.05 bits per heavy atom. The van der Waals surface area contributed by atoms with Gasteiger partial charge in [-0.3, -0.25) is 0 Å². The van der Waals surface area contributed by atoms with Crippen LogP contribution in [0.5, 0.6) is 11.5 Å². The van der Waals surface area contributed by atoms with Crippen LogP contribution in [-0.2, 0) is 4.74 Å². The molecule has 0 radical (unpaired) electrons. The van der Waals surface area contributed by atoms with Gasteiger partial charge in [0, 0.05) is 23.6 Å². The predicted molar refractivity (Wildman–Crippen MR) is 79.6 cm³/mol. The molecule has 0 unspecified atom stereocenters. The number of aromatic hydroxyl groups is 1. The third kappa shape index (κ3) is 2.12. The third-order valence-electron chi connectivity index (χ3n) is 5.29. The summed E-state index contributed by atoms with van der Waals surface area (Å²) in [6.45, 7) is 5.35. The molecule has 0 amide bonds. The number of nitrogens with one attached hydrogen (secondary N) is 1. The van der Waals surface area contributed by atoms with Gasteiger partial charge in [0.1, 0.15) is 17.1 Å². The van der Waals surface area contributed by atoms with Crippen LogP contribution < -0.4 is 10.1 Å². The van der Waals surface area contributed by atoms with Crippen molar-refractivity contribution in [2.45, 2.75) is 57.0 Å². The molecular formula is C17H23NO3. The summed E-state index contributed by atoms with van der Waals surface area (Å²) in [5.41, 5.74) is 0.802. The van der Waals surface area contributed by atoms with Crippen LogP contribution in [0.1, 0.15) is 44.8 Å². The lowest BCUT2D eigenvalue weighted by atomic mass is 9.73. The Bertz CT molecular complexity index is 557. The SMILES string of the molecule is CC1(C)Oc2cc(O)ccc2[C@H]2O[C@H]3CCCN[C@H]3C[C@@H]21. The second kappa shape index (κ2) is 4.62. The molecule has 21 heavy (non-hydrogen) atoms. The molecule has 4 heteroatoms. The maximum atomic E-state index is 9.71. The first kappa shape index (κ1) is 13.4. The van der Waals surface area contributed by atoms with E-state index in [0.717, 1.165) is 30.7 Å². The van der Waals surface area contributed by atoms with Crippen LogP contribution in [0.4, 0.5) is 0 Å². The number of piperidine rings is 1. The summed E-state index contributed by atoms with van der Waals surface area (Å²) in [5.74, 6) is 1.35. The quantitative estimate of drug-likeness (QED) is 0.771. The molecule has 2 fully saturated rings. The molecule has 4 rings (SSSR count). The zero-order valence-corrected chi connectivity index (χ0v) is 12.6. The van der Waals surface area contributed by atoms with E-state index < -0.39 is 0 Å². The van der Waals surface area contributed by atoms with Crippen molar-refractivity contribution < 1.29 is 14.6 Å². The molecule has 0 aromatic heterocycles. The smallest absolute Gasteiger partial charge is 0.129 e. The number of phenolic OH excluding ortho intramolecular Hbond substituents is 1. The molecule has 2 saturated heterocycles. The van der Waals surface area contributed by atoms with Crippen molar-refractivity contribution in [3.63, 3.8) is 0 Å². The van der Waals surface area contributed by atoms with Crippen molar-refractivity contribution in [3.05, 3.63) is 23.8 Å². The van der Waals surface area contributed by atoms with Crippen molar-refractivity contribution in [1.82, 2.24) is 5.32 Å². The molecule has 0 saturated carbocycles. The van der Waals surface area contributed by atoms with Crippen molar-refractivity contribution >= 4 is 0 Å². The summed E-state index contributed by atoms with van der Waals surface area (Å²) in [7, 11) is 0. The van der Waals surface area contributed by atoms with Gasteiger partial charge in [0.15, 0.2) is 0 Å². The van der Waals surface area contributed by atoms with Gasteiger partial charge in [0.2, 0.25) is 0 Å². The zero-order valence-electron chi connectivity index (χ0n) is 12.6. The van der Waals surface area contributed by atoms with Crippen molar-refractivity contribution in [2.75, 3.05) is 6.54 Å². The lowest BCUT2D eigenvalue weighted by Crippen LogP contribution is -2.57. The van der Waals surface area contributed by atoms with Crippen LogP contribution in [0.25, 0.3) is 0 Å². The van der Waals surface area contributed by atoms with Crippen molar-refractivity contribution in [3.8, 4) is 11.5 Å². The van der Waals surface area contributed by atoms with Gasteiger partial charge >= 0.3 is 0 Å². The van der Waals surface area contributed by atoms with E-state index >= 15 is 0 Å². The summed E-state index contributed by atoms with van der Waals surface area (Å²) in [5, 5.41) is 13.3. The first-order valence-electron chi connectivity index (χ1n) is 7.95. The van der Waals surface area contributed by atoms with Gasteiger partial charge in [-0.05, 0) is 51.8 Å². The molecule has 3 aliphatic heterocycles. The molecule has 0 spiro atoms. The van der Waals surface area contributed by atoms with Gasteiger partial charge in [0.05, 0.1) is 12.2 Å². The maximum Gasteiger partial charge on any atom is 0.129 e. The first-order valence-corrected chi connectivity index (χ1v) is 7.95. The Labute approximate surface area is 125 Å². The number of phenols is 1. The Morgan fingerprint density at radius 1 is 1.33 bits per heavy atom. The number of hydrogen-bond donors (Lipinski definition) is 2. The highest BCUT2D eigenvalue weighted by atomic mass is 16.5. The van der Waals surface area contributed by atoms with Gasteiger partial charge in [-0.15, -0.1) is 0 Å². The monoisotopic (exact) mass is 289 g/mol. The first-order chi connectivity index (χ1) is 10.0. The molecule has 114 valence electrons. The standard InChI is InChI=1S/C17H23NO3/c1-17(2)12-9-13-14(4-3-7-18-13)20-16(12)11-6-5-10(19)8-15(11)21-17/h5-6,8,12-14,16,18-19H,3-4,7,9H2,1-2H3/t12-,13-,14-,16+/m0/s1. The molecule has 1 aromatic carbocycles. The van der Waals surface area contributed by atoms with E-state index in [4.69, 9.17) is 9.47 Å². The van der Waals surface area contributed by atoms with E-state index in [2.05, 4.69) is 19.2 Å². The molecule has 1 aromatic rings. The molecular weight excluding hydrogens is 266 g/mol. The summed E-state index contributed by atoms with van der Waals surface area (Å²) in [4.78, 5) is 0. The van der Waals surface area contributed by atoms with E-state index in [1.165, 1.54) is 6.42 Å². The Hall–Kier alpha value is -1.26. The molecule has 3 heterocycles. The topological polar surface area (TPSA) is 50.7 Å². The maximum absolute atomic E-state index is 9.71. The van der Waals surface area contributed by atoms with E-state index in [1.807, 2.05) is 6.07 Å². The minimum atomic E-state index is -0.282. The highest BCUT2D eigenvalue weighted by molar-refractivity contribution is 5.44. The summed E-state index contributed by atoms with van der Waals surface area (Å²) in [6.07, 6.45) is 3.78. The third-order valence-corrected chi connectivity index (χ3v) is 5.29. The Morgan fingerprint density at radius 2 is 2.19 bits per heavy atom. The summed E-state index contributed by atoms with van der Waals surface area (Å²) < 4.78 is 12.7. The molecule has 0 bridgehead atoms. The molecule has 3 aliphatic rings. The fourth-order valence-corrected chi connectivity index (χ4v) is 4.15. The van der Waals surface area contributed by atoms with Crippen molar-refractivity contribution in [2.24, 2.45) is 5.92 Å². The normalized spacial score (nSPS) is 36.9. The fraction of sp³-hybridized carbons (Fsp3) is 0.647. The zero-order chi connectivity index (χ0) is 14.6. The van der Waals surface area contributed by atoms with Gasteiger partial charge < -0.3 is 19.9 Å². The number of fused-ring (bicyclic) bond motifs is 4. The minimum Gasteiger partial charge on any atom is -0.508 e. The average molecular weight is 289 g/mol. The van der Waals surface area contributed by atoms with Gasteiger partial charge in [-0.2, -0.15) is 0 Å². The minimum absolute atomic E-state index is 0.0745. The van der Waals surface area contributed by atoms with Gasteiger partial charge in [-0.1, -0.05) is 0 Å². The van der Waals surface area contributed by atoms with Crippen LogP contribution in [0.3, 0.4) is 0 Å². The molecule has 4 nitrogen and oxygen atoms in total. The number of benzene rings is 1. The predicted octanol–water partition coefficient (Wildman–Crippen LogP) is 2.76.